The molecule has 1 aromatic carbocycles. The second kappa shape index (κ2) is 5.09. The molecule has 3 heteroatoms. The van der Waals surface area contributed by atoms with Crippen molar-refractivity contribution in [1.29, 1.82) is 0 Å². The Morgan fingerprint density at radius 1 is 1.07 bits per heavy atom. The van der Waals surface area contributed by atoms with Crippen LogP contribution in [0.3, 0.4) is 0 Å². The molecule has 1 aliphatic heterocycles. The van der Waals surface area contributed by atoms with E-state index in [-0.39, 0.29) is 6.10 Å². The van der Waals surface area contributed by atoms with E-state index in [0.717, 1.165) is 19.6 Å². The molecule has 1 saturated heterocycles. The largest absolute Gasteiger partial charge is 0.379 e. The van der Waals surface area contributed by atoms with Crippen molar-refractivity contribution < 1.29 is 9.47 Å². The highest BCUT2D eigenvalue weighted by Crippen LogP contribution is 2.23. The summed E-state index contributed by atoms with van der Waals surface area (Å²) in [5.74, 6) is 0. The zero-order valence-electron chi connectivity index (χ0n) is 7.91. The molecule has 1 aromatic rings. The minimum Gasteiger partial charge on any atom is -0.379 e. The van der Waals surface area contributed by atoms with Crippen molar-refractivity contribution in [1.82, 2.24) is 0 Å². The van der Waals surface area contributed by atoms with Crippen molar-refractivity contribution in [3.63, 3.8) is 0 Å². The van der Waals surface area contributed by atoms with Gasteiger partial charge in [-0.1, -0.05) is 12.1 Å². The fourth-order valence-electron chi connectivity index (χ4n) is 1.57. The Labute approximate surface area is 97.7 Å². The molecule has 0 radical (unpaired) electrons. The zero-order valence-corrected chi connectivity index (χ0v) is 10.1. The van der Waals surface area contributed by atoms with E-state index in [4.69, 9.17) is 9.47 Å². The summed E-state index contributed by atoms with van der Waals surface area (Å²) >= 11 is 2.31. The van der Waals surface area contributed by atoms with E-state index in [0.29, 0.717) is 6.61 Å². The molecule has 0 saturated carbocycles. The second-order valence-corrected chi connectivity index (χ2v) is 4.56. The van der Waals surface area contributed by atoms with Crippen LogP contribution < -0.4 is 0 Å². The number of hydrogen-bond donors (Lipinski definition) is 0. The van der Waals surface area contributed by atoms with Gasteiger partial charge < -0.3 is 9.47 Å². The van der Waals surface area contributed by atoms with E-state index in [1.54, 1.807) is 0 Å². The summed E-state index contributed by atoms with van der Waals surface area (Å²) in [5.41, 5.74) is 1.26. The van der Waals surface area contributed by atoms with Gasteiger partial charge in [0, 0.05) is 16.6 Å². The van der Waals surface area contributed by atoms with Gasteiger partial charge in [-0.25, -0.2) is 0 Å². The van der Waals surface area contributed by atoms with Gasteiger partial charge in [0.05, 0.1) is 19.3 Å². The topological polar surface area (TPSA) is 18.5 Å². The normalized spacial score (nSPS) is 23.1. The Morgan fingerprint density at radius 2 is 1.86 bits per heavy atom. The van der Waals surface area contributed by atoms with Gasteiger partial charge in [-0.2, -0.15) is 0 Å². The van der Waals surface area contributed by atoms with Crippen LogP contribution in [0.5, 0.6) is 0 Å². The van der Waals surface area contributed by atoms with Crippen molar-refractivity contribution in [3.05, 3.63) is 33.4 Å². The standard InChI is InChI=1S/C11H13IO2/c12-10-3-1-9(2-4-10)11-5-6-13-7-8-14-11/h1-4,11H,5-8H2/t11-/m0/s1. The Bertz CT molecular complexity index is 276. The highest BCUT2D eigenvalue weighted by atomic mass is 127. The SMILES string of the molecule is Ic1ccc([C@@H]2CCOCCO2)cc1. The molecule has 1 aliphatic rings. The molecule has 0 bridgehead atoms. The first-order chi connectivity index (χ1) is 6.86. The van der Waals surface area contributed by atoms with Crippen molar-refractivity contribution in [2.75, 3.05) is 19.8 Å². The maximum Gasteiger partial charge on any atom is 0.0848 e. The molecule has 0 spiro atoms. The van der Waals surface area contributed by atoms with Crippen LogP contribution in [0.15, 0.2) is 24.3 Å². The highest BCUT2D eigenvalue weighted by molar-refractivity contribution is 14.1. The summed E-state index contributed by atoms with van der Waals surface area (Å²) in [6.45, 7) is 2.23. The first kappa shape index (κ1) is 10.4. The lowest BCUT2D eigenvalue weighted by molar-refractivity contribution is 0.0536. The van der Waals surface area contributed by atoms with Crippen molar-refractivity contribution in [2.24, 2.45) is 0 Å². The third kappa shape index (κ3) is 2.68. The molecule has 0 N–H and O–H groups in total. The van der Waals surface area contributed by atoms with Crippen LogP contribution in [-0.2, 0) is 9.47 Å². The van der Waals surface area contributed by atoms with Crippen LogP contribution >= 0.6 is 22.6 Å². The second-order valence-electron chi connectivity index (χ2n) is 3.31. The van der Waals surface area contributed by atoms with Crippen molar-refractivity contribution in [3.8, 4) is 0 Å². The smallest absolute Gasteiger partial charge is 0.0848 e. The molecular weight excluding hydrogens is 291 g/mol. The van der Waals surface area contributed by atoms with E-state index in [1.165, 1.54) is 9.13 Å². The van der Waals surface area contributed by atoms with Crippen LogP contribution in [0.25, 0.3) is 0 Å². The van der Waals surface area contributed by atoms with Crippen LogP contribution in [0.2, 0.25) is 0 Å². The number of hydrogen-bond acceptors (Lipinski definition) is 2. The minimum atomic E-state index is 0.217. The highest BCUT2D eigenvalue weighted by Gasteiger charge is 2.14. The lowest BCUT2D eigenvalue weighted by Gasteiger charge is -2.14. The Morgan fingerprint density at radius 3 is 2.64 bits per heavy atom. The van der Waals surface area contributed by atoms with Crippen molar-refractivity contribution >= 4 is 22.6 Å². The molecule has 0 aliphatic carbocycles. The number of benzene rings is 1. The molecule has 0 unspecified atom stereocenters. The molecule has 1 fully saturated rings. The fourth-order valence-corrected chi connectivity index (χ4v) is 1.92. The van der Waals surface area contributed by atoms with E-state index in [9.17, 15) is 0 Å². The van der Waals surface area contributed by atoms with Crippen LogP contribution in [0, 0.1) is 3.57 Å². The van der Waals surface area contributed by atoms with E-state index >= 15 is 0 Å². The number of rotatable bonds is 1. The van der Waals surface area contributed by atoms with E-state index < -0.39 is 0 Å². The molecule has 14 heavy (non-hydrogen) atoms. The van der Waals surface area contributed by atoms with E-state index in [2.05, 4.69) is 46.9 Å². The first-order valence-electron chi connectivity index (χ1n) is 4.81. The van der Waals surface area contributed by atoms with Crippen LogP contribution in [0.1, 0.15) is 18.1 Å². The van der Waals surface area contributed by atoms with Gasteiger partial charge in [0.2, 0.25) is 0 Å². The maximum atomic E-state index is 5.70. The Balaban J connectivity index is 2.08. The fraction of sp³-hybridized carbons (Fsp3) is 0.455. The maximum absolute atomic E-state index is 5.70. The Kier molecular flexibility index (Phi) is 3.78. The van der Waals surface area contributed by atoms with Gasteiger partial charge in [0.25, 0.3) is 0 Å². The molecule has 2 nitrogen and oxygen atoms in total. The van der Waals surface area contributed by atoms with Gasteiger partial charge in [-0.15, -0.1) is 0 Å². The monoisotopic (exact) mass is 304 g/mol. The van der Waals surface area contributed by atoms with Gasteiger partial charge in [0.1, 0.15) is 0 Å². The lowest BCUT2D eigenvalue weighted by Crippen LogP contribution is -2.04. The molecule has 0 aromatic heterocycles. The van der Waals surface area contributed by atoms with Gasteiger partial charge in [-0.05, 0) is 40.3 Å². The average molecular weight is 304 g/mol. The third-order valence-corrected chi connectivity index (χ3v) is 3.03. The molecule has 76 valence electrons. The molecule has 2 rings (SSSR count). The van der Waals surface area contributed by atoms with E-state index in [1.807, 2.05) is 0 Å². The predicted molar refractivity (Wildman–Crippen MR) is 63.3 cm³/mol. The summed E-state index contributed by atoms with van der Waals surface area (Å²) in [6, 6.07) is 8.51. The first-order valence-corrected chi connectivity index (χ1v) is 5.89. The average Bonchev–Trinajstić information content (AvgIpc) is 2.47. The Hall–Kier alpha value is -0.130. The molecule has 1 atom stereocenters. The summed E-state index contributed by atoms with van der Waals surface area (Å²) in [5, 5.41) is 0. The lowest BCUT2D eigenvalue weighted by atomic mass is 10.1. The predicted octanol–water partition coefficient (Wildman–Crippen LogP) is 2.77. The molecule has 1 heterocycles. The summed E-state index contributed by atoms with van der Waals surface area (Å²) in [6.07, 6.45) is 1.18. The van der Waals surface area contributed by atoms with Gasteiger partial charge in [-0.3, -0.25) is 0 Å². The number of ether oxygens (including phenoxy) is 2. The van der Waals surface area contributed by atoms with Gasteiger partial charge >= 0.3 is 0 Å². The minimum absolute atomic E-state index is 0.217. The van der Waals surface area contributed by atoms with Gasteiger partial charge in [0.15, 0.2) is 0 Å². The van der Waals surface area contributed by atoms with Crippen molar-refractivity contribution in [2.45, 2.75) is 12.5 Å². The summed E-state index contributed by atoms with van der Waals surface area (Å²) in [7, 11) is 0. The van der Waals surface area contributed by atoms with Crippen LogP contribution in [-0.4, -0.2) is 19.8 Å². The third-order valence-electron chi connectivity index (χ3n) is 2.31. The quantitative estimate of drug-likeness (QED) is 0.743. The molecular formula is C11H13IO2. The number of halogens is 1. The summed E-state index contributed by atoms with van der Waals surface area (Å²) < 4.78 is 12.3. The zero-order chi connectivity index (χ0) is 9.80. The van der Waals surface area contributed by atoms with Crippen LogP contribution in [0.4, 0.5) is 0 Å². The summed E-state index contributed by atoms with van der Waals surface area (Å²) in [4.78, 5) is 0. The molecule has 0 amide bonds.